The lowest BCUT2D eigenvalue weighted by molar-refractivity contribution is -0.171. The summed E-state index contributed by atoms with van der Waals surface area (Å²) in [7, 11) is 0. The van der Waals surface area contributed by atoms with Crippen LogP contribution in [-0.4, -0.2) is 58.6 Å². The van der Waals surface area contributed by atoms with Crippen molar-refractivity contribution < 1.29 is 38.5 Å². The second-order valence-electron chi connectivity index (χ2n) is 7.71. The number of carbonyl (C=O) groups is 4. The molecule has 2 rings (SSSR count). The van der Waals surface area contributed by atoms with Gasteiger partial charge in [0.1, 0.15) is 12.1 Å². The molecule has 11 heteroatoms. The van der Waals surface area contributed by atoms with Crippen LogP contribution >= 0.6 is 0 Å². The number of H-pyrrole nitrogens is 1. The molecule has 0 aliphatic carbocycles. The Morgan fingerprint density at radius 1 is 1.09 bits per heavy atom. The van der Waals surface area contributed by atoms with E-state index in [0.29, 0.717) is 0 Å². The van der Waals surface area contributed by atoms with Crippen molar-refractivity contribution in [2.75, 3.05) is 0 Å². The minimum absolute atomic E-state index is 0.0860. The average Bonchev–Trinajstić information content (AvgIpc) is 3.13. The normalized spacial score (nSPS) is 13.7. The fourth-order valence-corrected chi connectivity index (χ4v) is 3.02. The van der Waals surface area contributed by atoms with Gasteiger partial charge in [-0.3, -0.25) is 9.59 Å². The van der Waals surface area contributed by atoms with Gasteiger partial charge < -0.3 is 35.4 Å². The molecule has 0 bridgehead atoms. The maximum absolute atomic E-state index is 12.8. The number of benzene rings is 1. The molecule has 0 saturated carbocycles. The van der Waals surface area contributed by atoms with Crippen LogP contribution in [-0.2, 0) is 35.0 Å². The third kappa shape index (κ3) is 8.11. The molecule has 5 N–H and O–H groups in total. The zero-order valence-electron chi connectivity index (χ0n) is 18.7. The van der Waals surface area contributed by atoms with Crippen LogP contribution in [0.1, 0.15) is 39.2 Å². The molecule has 0 aliphatic rings. The molecule has 0 spiro atoms. The zero-order chi connectivity index (χ0) is 24.5. The van der Waals surface area contributed by atoms with Crippen molar-refractivity contribution in [2.24, 2.45) is 5.73 Å². The Hall–Kier alpha value is -3.60. The molecule has 0 saturated heterocycles. The topological polar surface area (TPSA) is 170 Å². The molecule has 2 aromatic rings. The van der Waals surface area contributed by atoms with Crippen LogP contribution in [0.5, 0.6) is 0 Å². The van der Waals surface area contributed by atoms with Crippen LogP contribution in [0.3, 0.4) is 0 Å². The van der Waals surface area contributed by atoms with Gasteiger partial charge in [-0.15, -0.1) is 0 Å². The number of fused-ring (bicyclic) bond motifs is 1. The molecule has 1 aromatic heterocycles. The number of nitrogens with one attached hydrogen (secondary N) is 2. The number of carboxylic acid groups (broad SMARTS) is 1. The van der Waals surface area contributed by atoms with Crippen LogP contribution in [0.4, 0.5) is 4.79 Å². The van der Waals surface area contributed by atoms with Gasteiger partial charge in [-0.1, -0.05) is 18.2 Å². The SMILES string of the molecule is CC(C)OC(=O)OC(C)OC(=O)C(Cc1c[nH]c2ccccc12)NC(=O)CC[C@@H](N)C(=O)O. The summed E-state index contributed by atoms with van der Waals surface area (Å²) >= 11 is 0. The Kier molecular flexibility index (Phi) is 9.22. The molecule has 1 aromatic carbocycles. The first-order valence-electron chi connectivity index (χ1n) is 10.5. The van der Waals surface area contributed by atoms with Gasteiger partial charge in [0.15, 0.2) is 0 Å². The molecular formula is C22H29N3O8. The zero-order valence-corrected chi connectivity index (χ0v) is 18.7. The maximum Gasteiger partial charge on any atom is 0.511 e. The van der Waals surface area contributed by atoms with E-state index in [1.807, 2.05) is 24.3 Å². The van der Waals surface area contributed by atoms with Crippen molar-refractivity contribution in [3.05, 3.63) is 36.0 Å². The summed E-state index contributed by atoms with van der Waals surface area (Å²) in [5.41, 5.74) is 7.04. The van der Waals surface area contributed by atoms with E-state index in [0.717, 1.165) is 16.5 Å². The predicted molar refractivity (Wildman–Crippen MR) is 117 cm³/mol. The van der Waals surface area contributed by atoms with Crippen molar-refractivity contribution in [2.45, 2.75) is 64.5 Å². The Balaban J connectivity index is 2.10. The van der Waals surface area contributed by atoms with Crippen LogP contribution in [0.15, 0.2) is 30.5 Å². The van der Waals surface area contributed by atoms with Crippen LogP contribution in [0, 0.1) is 0 Å². The molecule has 11 nitrogen and oxygen atoms in total. The highest BCUT2D eigenvalue weighted by atomic mass is 16.8. The van der Waals surface area contributed by atoms with E-state index < -0.39 is 48.5 Å². The lowest BCUT2D eigenvalue weighted by Gasteiger charge is -2.21. The first kappa shape index (κ1) is 25.7. The molecule has 33 heavy (non-hydrogen) atoms. The molecule has 1 amide bonds. The number of nitrogens with two attached hydrogens (primary N) is 1. The maximum atomic E-state index is 12.8. The number of amides is 1. The number of esters is 1. The number of hydrogen-bond acceptors (Lipinski definition) is 8. The van der Waals surface area contributed by atoms with Gasteiger partial charge in [0.25, 0.3) is 0 Å². The smallest absolute Gasteiger partial charge is 0.480 e. The summed E-state index contributed by atoms with van der Waals surface area (Å²) in [5.74, 6) is -2.63. The molecule has 0 aliphatic heterocycles. The number of carbonyl (C=O) groups excluding carboxylic acids is 3. The van der Waals surface area contributed by atoms with E-state index in [2.05, 4.69) is 10.3 Å². The molecular weight excluding hydrogens is 434 g/mol. The second-order valence-corrected chi connectivity index (χ2v) is 7.71. The number of carboxylic acids is 1. The van der Waals surface area contributed by atoms with E-state index in [9.17, 15) is 19.2 Å². The first-order valence-corrected chi connectivity index (χ1v) is 10.5. The van der Waals surface area contributed by atoms with Crippen LogP contribution < -0.4 is 11.1 Å². The number of aliphatic carboxylic acids is 1. The number of aromatic amines is 1. The number of ether oxygens (including phenoxy) is 3. The summed E-state index contributed by atoms with van der Waals surface area (Å²) in [6, 6.07) is 5.12. The van der Waals surface area contributed by atoms with Crippen molar-refractivity contribution in [3.63, 3.8) is 0 Å². The average molecular weight is 463 g/mol. The van der Waals surface area contributed by atoms with E-state index in [1.54, 1.807) is 20.0 Å². The van der Waals surface area contributed by atoms with Gasteiger partial charge in [-0.2, -0.15) is 0 Å². The minimum atomic E-state index is -1.26. The van der Waals surface area contributed by atoms with Crippen LogP contribution in [0.25, 0.3) is 10.9 Å². The largest absolute Gasteiger partial charge is 0.511 e. The Bertz CT molecular complexity index is 987. The highest BCUT2D eigenvalue weighted by Gasteiger charge is 2.27. The number of aromatic nitrogens is 1. The summed E-state index contributed by atoms with van der Waals surface area (Å²) < 4.78 is 14.9. The molecule has 3 atom stereocenters. The number of hydrogen-bond donors (Lipinski definition) is 4. The van der Waals surface area contributed by atoms with Gasteiger partial charge in [0.05, 0.1) is 6.10 Å². The van der Waals surface area contributed by atoms with E-state index in [1.165, 1.54) is 6.92 Å². The van der Waals surface area contributed by atoms with Gasteiger partial charge in [0.2, 0.25) is 12.2 Å². The van der Waals surface area contributed by atoms with E-state index in [4.69, 9.17) is 25.1 Å². The Morgan fingerprint density at radius 2 is 1.79 bits per heavy atom. The van der Waals surface area contributed by atoms with Gasteiger partial charge in [-0.25, -0.2) is 9.59 Å². The lowest BCUT2D eigenvalue weighted by atomic mass is 10.0. The summed E-state index contributed by atoms with van der Waals surface area (Å²) in [6.45, 7) is 4.62. The third-order valence-electron chi connectivity index (χ3n) is 4.59. The van der Waals surface area contributed by atoms with Gasteiger partial charge >= 0.3 is 18.1 Å². The number of rotatable bonds is 11. The number of para-hydroxylation sites is 1. The Labute approximate surface area is 190 Å². The standard InChI is InChI=1S/C22H29N3O8/c1-12(2)31-22(30)33-13(3)32-21(29)18(25-19(26)9-8-16(23)20(27)28)10-14-11-24-17-7-5-4-6-15(14)17/h4-7,11-13,16,18,24H,8-10,23H2,1-3H3,(H,25,26)(H,27,28)/t13?,16-,18?/m1/s1. The quantitative estimate of drug-likeness (QED) is 0.287. The van der Waals surface area contributed by atoms with E-state index >= 15 is 0 Å². The van der Waals surface area contributed by atoms with Crippen molar-refractivity contribution in [3.8, 4) is 0 Å². The van der Waals surface area contributed by atoms with Crippen molar-refractivity contribution in [1.82, 2.24) is 10.3 Å². The minimum Gasteiger partial charge on any atom is -0.480 e. The van der Waals surface area contributed by atoms with Crippen molar-refractivity contribution >= 4 is 34.9 Å². The second kappa shape index (κ2) is 11.9. The van der Waals surface area contributed by atoms with Gasteiger partial charge in [0, 0.05) is 36.9 Å². The van der Waals surface area contributed by atoms with Gasteiger partial charge in [-0.05, 0) is 31.9 Å². The van der Waals surface area contributed by atoms with Crippen LogP contribution in [0.2, 0.25) is 0 Å². The summed E-state index contributed by atoms with van der Waals surface area (Å²) in [4.78, 5) is 50.8. The highest BCUT2D eigenvalue weighted by Crippen LogP contribution is 2.20. The van der Waals surface area contributed by atoms with E-state index in [-0.39, 0.29) is 19.3 Å². The lowest BCUT2D eigenvalue weighted by Crippen LogP contribution is -2.45. The predicted octanol–water partition coefficient (Wildman–Crippen LogP) is 1.84. The summed E-state index contributed by atoms with van der Waals surface area (Å²) in [5, 5.41) is 12.3. The molecule has 1 heterocycles. The van der Waals surface area contributed by atoms with Crippen molar-refractivity contribution in [1.29, 1.82) is 0 Å². The molecule has 0 radical (unpaired) electrons. The highest BCUT2D eigenvalue weighted by molar-refractivity contribution is 5.87. The monoisotopic (exact) mass is 463 g/mol. The first-order chi connectivity index (χ1) is 15.6. The fourth-order valence-electron chi connectivity index (χ4n) is 3.02. The molecule has 180 valence electrons. The summed E-state index contributed by atoms with van der Waals surface area (Å²) in [6.07, 6.45) is -1.16. The molecule has 2 unspecified atom stereocenters. The third-order valence-corrected chi connectivity index (χ3v) is 4.59. The molecule has 0 fully saturated rings. The fraction of sp³-hybridized carbons (Fsp3) is 0.455. The Morgan fingerprint density at radius 3 is 2.45 bits per heavy atom.